The lowest BCUT2D eigenvalue weighted by atomic mass is 9.98. The second-order valence-electron chi connectivity index (χ2n) is 5.45. The summed E-state index contributed by atoms with van der Waals surface area (Å²) in [7, 11) is 0. The van der Waals surface area contributed by atoms with E-state index in [0.717, 1.165) is 5.56 Å². The molecule has 2 rings (SSSR count). The van der Waals surface area contributed by atoms with Gasteiger partial charge in [0.25, 0.3) is 0 Å². The number of carbonyl (C=O) groups is 1. The van der Waals surface area contributed by atoms with E-state index in [9.17, 15) is 9.90 Å². The maximum absolute atomic E-state index is 11.8. The number of oxazole rings is 1. The molecule has 0 fully saturated rings. The van der Waals surface area contributed by atoms with Crippen LogP contribution in [0, 0.1) is 0 Å². The third kappa shape index (κ3) is 4.82. The maximum Gasteiger partial charge on any atom is 0.315 e. The minimum atomic E-state index is -0.860. The van der Waals surface area contributed by atoms with E-state index < -0.39 is 5.60 Å². The van der Waals surface area contributed by atoms with Crippen LogP contribution in [0.15, 0.2) is 40.9 Å². The molecule has 6 nitrogen and oxygen atoms in total. The average molecular weight is 317 g/mol. The summed E-state index contributed by atoms with van der Waals surface area (Å²) in [6.07, 6.45) is 2.81. The van der Waals surface area contributed by atoms with Gasteiger partial charge in [0, 0.05) is 12.1 Å². The van der Waals surface area contributed by atoms with Gasteiger partial charge in [-0.3, -0.25) is 0 Å². The highest BCUT2D eigenvalue weighted by Gasteiger charge is 2.22. The molecule has 0 aliphatic carbocycles. The van der Waals surface area contributed by atoms with Crippen molar-refractivity contribution in [2.75, 3.05) is 6.54 Å². The quantitative estimate of drug-likeness (QED) is 0.732. The zero-order chi connectivity index (χ0) is 16.7. The fourth-order valence-electron chi connectivity index (χ4n) is 2.09. The molecule has 0 saturated carbocycles. The largest absolute Gasteiger partial charge is 0.439 e. The third-order valence-corrected chi connectivity index (χ3v) is 3.91. The van der Waals surface area contributed by atoms with Crippen molar-refractivity contribution >= 4 is 6.03 Å². The van der Waals surface area contributed by atoms with Gasteiger partial charge in [-0.2, -0.15) is 0 Å². The Bertz CT molecular complexity index is 621. The van der Waals surface area contributed by atoms with Crippen LogP contribution in [0.5, 0.6) is 0 Å². The number of carbonyl (C=O) groups excluding carboxylic acids is 1. The van der Waals surface area contributed by atoms with E-state index in [1.165, 1.54) is 0 Å². The normalized spacial score (nSPS) is 11.3. The number of aliphatic hydroxyl groups is 1. The van der Waals surface area contributed by atoms with Gasteiger partial charge in [0.1, 0.15) is 0 Å². The fourth-order valence-corrected chi connectivity index (χ4v) is 2.09. The monoisotopic (exact) mass is 317 g/mol. The Morgan fingerprint density at radius 2 is 1.91 bits per heavy atom. The van der Waals surface area contributed by atoms with Gasteiger partial charge in [-0.15, -0.1) is 0 Å². The Morgan fingerprint density at radius 3 is 2.57 bits per heavy atom. The summed E-state index contributed by atoms with van der Waals surface area (Å²) in [5.74, 6) is 1.09. The molecule has 2 aromatic rings. The van der Waals surface area contributed by atoms with Crippen molar-refractivity contribution in [1.82, 2.24) is 15.6 Å². The van der Waals surface area contributed by atoms with Crippen molar-refractivity contribution in [2.24, 2.45) is 0 Å². The molecule has 0 spiro atoms. The van der Waals surface area contributed by atoms with Gasteiger partial charge < -0.3 is 20.2 Å². The van der Waals surface area contributed by atoms with Crippen LogP contribution in [-0.4, -0.2) is 28.3 Å². The molecule has 0 unspecified atom stereocenters. The number of urea groups is 1. The second kappa shape index (κ2) is 7.78. The summed E-state index contributed by atoms with van der Waals surface area (Å²) in [5, 5.41) is 15.5. The Balaban J connectivity index is 1.82. The van der Waals surface area contributed by atoms with E-state index in [2.05, 4.69) is 15.6 Å². The number of aromatic nitrogens is 1. The first-order valence-corrected chi connectivity index (χ1v) is 7.80. The first-order chi connectivity index (χ1) is 11.1. The molecular formula is C17H23N3O3. The van der Waals surface area contributed by atoms with E-state index in [0.29, 0.717) is 24.5 Å². The lowest BCUT2D eigenvalue weighted by Gasteiger charge is -2.25. The van der Waals surface area contributed by atoms with Crippen molar-refractivity contribution in [3.63, 3.8) is 0 Å². The molecule has 23 heavy (non-hydrogen) atoms. The van der Waals surface area contributed by atoms with E-state index >= 15 is 0 Å². The van der Waals surface area contributed by atoms with Gasteiger partial charge in [-0.1, -0.05) is 44.2 Å². The highest BCUT2D eigenvalue weighted by atomic mass is 16.4. The first kappa shape index (κ1) is 17.0. The van der Waals surface area contributed by atoms with Crippen LogP contribution in [-0.2, 0) is 6.54 Å². The van der Waals surface area contributed by atoms with Crippen LogP contribution in [0.2, 0.25) is 0 Å². The van der Waals surface area contributed by atoms with Gasteiger partial charge in [-0.25, -0.2) is 9.78 Å². The number of nitrogens with zero attached hydrogens (tertiary/aromatic N) is 1. The van der Waals surface area contributed by atoms with Crippen molar-refractivity contribution in [2.45, 2.75) is 38.8 Å². The summed E-state index contributed by atoms with van der Waals surface area (Å²) in [6.45, 7) is 4.18. The molecule has 0 aliphatic rings. The minimum Gasteiger partial charge on any atom is -0.439 e. The van der Waals surface area contributed by atoms with E-state index in [-0.39, 0.29) is 19.1 Å². The molecular weight excluding hydrogens is 294 g/mol. The van der Waals surface area contributed by atoms with Gasteiger partial charge >= 0.3 is 6.03 Å². The summed E-state index contributed by atoms with van der Waals surface area (Å²) in [5.41, 5.74) is 0.0764. The number of rotatable bonds is 7. The van der Waals surface area contributed by atoms with Crippen LogP contribution in [0.3, 0.4) is 0 Å². The summed E-state index contributed by atoms with van der Waals surface area (Å²) in [4.78, 5) is 15.9. The molecule has 1 aromatic heterocycles. The van der Waals surface area contributed by atoms with Crippen LogP contribution < -0.4 is 10.6 Å². The fraction of sp³-hybridized carbons (Fsp3) is 0.412. The number of hydrogen-bond donors (Lipinski definition) is 3. The van der Waals surface area contributed by atoms with Crippen LogP contribution in [0.1, 0.15) is 32.6 Å². The van der Waals surface area contributed by atoms with Gasteiger partial charge in [-0.05, 0) is 12.8 Å². The minimum absolute atomic E-state index is 0.190. The van der Waals surface area contributed by atoms with Crippen molar-refractivity contribution in [3.8, 4) is 11.3 Å². The maximum atomic E-state index is 11.8. The molecule has 6 heteroatoms. The molecule has 1 heterocycles. The zero-order valence-electron chi connectivity index (χ0n) is 13.5. The predicted octanol–water partition coefficient (Wildman–Crippen LogP) is 2.69. The zero-order valence-corrected chi connectivity index (χ0v) is 13.5. The number of hydrogen-bond acceptors (Lipinski definition) is 4. The molecule has 0 saturated heterocycles. The van der Waals surface area contributed by atoms with E-state index in [4.69, 9.17) is 4.42 Å². The molecule has 124 valence electrons. The standard InChI is InChI=1S/C17H23N3O3/c1-3-17(22,4-2)12-20-16(21)19-11-15-18-10-14(23-15)13-8-6-5-7-9-13/h5-10,22H,3-4,11-12H2,1-2H3,(H2,19,20,21). The van der Waals surface area contributed by atoms with Gasteiger partial charge in [0.15, 0.2) is 5.76 Å². The van der Waals surface area contributed by atoms with Crippen LogP contribution in [0.25, 0.3) is 11.3 Å². The van der Waals surface area contributed by atoms with E-state index in [1.54, 1.807) is 6.20 Å². The molecule has 0 atom stereocenters. The number of nitrogens with one attached hydrogen (secondary N) is 2. The Hall–Kier alpha value is -2.34. The number of benzene rings is 1. The van der Waals surface area contributed by atoms with Gasteiger partial charge in [0.2, 0.25) is 5.89 Å². The Kier molecular flexibility index (Phi) is 5.76. The van der Waals surface area contributed by atoms with Crippen LogP contribution >= 0.6 is 0 Å². The summed E-state index contributed by atoms with van der Waals surface area (Å²) >= 11 is 0. The first-order valence-electron chi connectivity index (χ1n) is 7.80. The van der Waals surface area contributed by atoms with Crippen molar-refractivity contribution in [3.05, 3.63) is 42.4 Å². The molecule has 0 radical (unpaired) electrons. The molecule has 0 bridgehead atoms. The molecule has 2 amide bonds. The molecule has 0 aliphatic heterocycles. The van der Waals surface area contributed by atoms with E-state index in [1.807, 2.05) is 44.2 Å². The van der Waals surface area contributed by atoms with Gasteiger partial charge in [0.05, 0.1) is 18.3 Å². The lowest BCUT2D eigenvalue weighted by molar-refractivity contribution is 0.0349. The molecule has 1 aromatic carbocycles. The SMILES string of the molecule is CCC(O)(CC)CNC(=O)NCc1ncc(-c2ccccc2)o1. The highest BCUT2D eigenvalue weighted by molar-refractivity contribution is 5.73. The smallest absolute Gasteiger partial charge is 0.315 e. The summed E-state index contributed by atoms with van der Waals surface area (Å²) < 4.78 is 5.60. The third-order valence-electron chi connectivity index (χ3n) is 3.91. The topological polar surface area (TPSA) is 87.4 Å². The Labute approximate surface area is 135 Å². The highest BCUT2D eigenvalue weighted by Crippen LogP contribution is 2.19. The van der Waals surface area contributed by atoms with Crippen molar-refractivity contribution < 1.29 is 14.3 Å². The second-order valence-corrected chi connectivity index (χ2v) is 5.45. The van der Waals surface area contributed by atoms with Crippen molar-refractivity contribution in [1.29, 1.82) is 0 Å². The lowest BCUT2D eigenvalue weighted by Crippen LogP contribution is -2.45. The predicted molar refractivity (Wildman–Crippen MR) is 87.7 cm³/mol. The van der Waals surface area contributed by atoms with Crippen LogP contribution in [0.4, 0.5) is 4.79 Å². The Morgan fingerprint density at radius 1 is 1.22 bits per heavy atom. The molecule has 3 N–H and O–H groups in total. The average Bonchev–Trinajstić information content (AvgIpc) is 3.07. The summed E-state index contributed by atoms with van der Waals surface area (Å²) in [6, 6.07) is 9.28. The number of amides is 2.